The van der Waals surface area contributed by atoms with E-state index in [2.05, 4.69) is 17.6 Å². The van der Waals surface area contributed by atoms with Crippen LogP contribution in [-0.2, 0) is 4.74 Å². The summed E-state index contributed by atoms with van der Waals surface area (Å²) in [4.78, 5) is 11.3. The molecule has 2 rings (SSSR count). The highest BCUT2D eigenvalue weighted by Crippen LogP contribution is 2.27. The zero-order valence-electron chi connectivity index (χ0n) is 12.3. The lowest BCUT2D eigenvalue weighted by atomic mass is 9.86. The molecule has 1 saturated carbocycles. The molecular weight excluding hydrogens is 252 g/mol. The van der Waals surface area contributed by atoms with Crippen LogP contribution in [-0.4, -0.2) is 18.7 Å². The molecule has 0 saturated heterocycles. The van der Waals surface area contributed by atoms with E-state index < -0.39 is 6.09 Å². The van der Waals surface area contributed by atoms with E-state index in [9.17, 15) is 4.79 Å². The summed E-state index contributed by atoms with van der Waals surface area (Å²) in [5.41, 5.74) is 1.86. The predicted molar refractivity (Wildman–Crippen MR) is 82.1 cm³/mol. The van der Waals surface area contributed by atoms with E-state index in [1.54, 1.807) is 6.92 Å². The molecule has 0 aliphatic heterocycles. The van der Waals surface area contributed by atoms with Gasteiger partial charge in [-0.15, -0.1) is 0 Å². The van der Waals surface area contributed by atoms with Crippen LogP contribution in [0.5, 0.6) is 0 Å². The summed E-state index contributed by atoms with van der Waals surface area (Å²) in [6, 6.07) is 8.36. The molecule has 1 amide bonds. The van der Waals surface area contributed by atoms with Gasteiger partial charge >= 0.3 is 6.09 Å². The number of ether oxygens (including phenoxy) is 1. The summed E-state index contributed by atoms with van der Waals surface area (Å²) < 4.78 is 4.85. The minimum absolute atomic E-state index is 0.380. The molecule has 1 aromatic rings. The van der Waals surface area contributed by atoms with Crippen molar-refractivity contribution in [3.8, 4) is 0 Å². The van der Waals surface area contributed by atoms with E-state index >= 15 is 0 Å². The van der Waals surface area contributed by atoms with Crippen molar-refractivity contribution in [1.29, 1.82) is 0 Å². The third kappa shape index (κ3) is 4.15. The Balaban J connectivity index is 1.89. The molecule has 0 aromatic heterocycles. The van der Waals surface area contributed by atoms with Crippen molar-refractivity contribution < 1.29 is 9.53 Å². The molecule has 0 radical (unpaired) electrons. The first-order valence-corrected chi connectivity index (χ1v) is 7.49. The van der Waals surface area contributed by atoms with Gasteiger partial charge in [0.05, 0.1) is 6.61 Å². The summed E-state index contributed by atoms with van der Waals surface area (Å²) in [6.07, 6.45) is 4.80. The lowest BCUT2D eigenvalue weighted by Gasteiger charge is -2.30. The van der Waals surface area contributed by atoms with E-state index in [1.165, 1.54) is 25.7 Å². The molecule has 20 heavy (non-hydrogen) atoms. The molecule has 2 unspecified atom stereocenters. The van der Waals surface area contributed by atoms with Crippen molar-refractivity contribution in [1.82, 2.24) is 0 Å². The summed E-state index contributed by atoms with van der Waals surface area (Å²) in [5, 5.41) is 6.29. The minimum Gasteiger partial charge on any atom is -0.450 e. The minimum atomic E-state index is -0.408. The fourth-order valence-electron chi connectivity index (χ4n) is 2.68. The second-order valence-electron chi connectivity index (χ2n) is 5.44. The van der Waals surface area contributed by atoms with E-state index in [1.807, 2.05) is 24.3 Å². The van der Waals surface area contributed by atoms with Gasteiger partial charge in [-0.1, -0.05) is 19.8 Å². The highest BCUT2D eigenvalue weighted by molar-refractivity contribution is 5.84. The normalized spacial score (nSPS) is 22.1. The Morgan fingerprint density at radius 3 is 2.50 bits per heavy atom. The average molecular weight is 276 g/mol. The van der Waals surface area contributed by atoms with Crippen LogP contribution in [0.15, 0.2) is 24.3 Å². The SMILES string of the molecule is CCOC(=O)Nc1ccc(NC2CCCCC2C)cc1. The number of amides is 1. The smallest absolute Gasteiger partial charge is 0.411 e. The Bertz CT molecular complexity index is 431. The first-order valence-electron chi connectivity index (χ1n) is 7.49. The Hall–Kier alpha value is -1.71. The number of hydrogen-bond donors (Lipinski definition) is 2. The topological polar surface area (TPSA) is 50.4 Å². The van der Waals surface area contributed by atoms with Crippen molar-refractivity contribution in [2.75, 3.05) is 17.2 Å². The molecule has 1 aromatic carbocycles. The van der Waals surface area contributed by atoms with Gasteiger partial charge in [0.15, 0.2) is 0 Å². The monoisotopic (exact) mass is 276 g/mol. The van der Waals surface area contributed by atoms with Crippen LogP contribution >= 0.6 is 0 Å². The molecule has 4 nitrogen and oxygen atoms in total. The second-order valence-corrected chi connectivity index (χ2v) is 5.44. The highest BCUT2D eigenvalue weighted by Gasteiger charge is 2.20. The Morgan fingerprint density at radius 2 is 1.85 bits per heavy atom. The molecule has 2 N–H and O–H groups in total. The van der Waals surface area contributed by atoms with E-state index in [-0.39, 0.29) is 0 Å². The number of nitrogens with one attached hydrogen (secondary N) is 2. The number of rotatable bonds is 4. The van der Waals surface area contributed by atoms with Gasteiger partial charge in [-0.3, -0.25) is 5.32 Å². The Morgan fingerprint density at radius 1 is 1.20 bits per heavy atom. The van der Waals surface area contributed by atoms with Crippen molar-refractivity contribution in [2.45, 2.75) is 45.6 Å². The summed E-state index contributed by atoms with van der Waals surface area (Å²) in [7, 11) is 0. The van der Waals surface area contributed by atoms with Crippen LogP contribution < -0.4 is 10.6 Å². The molecule has 4 heteroatoms. The number of hydrogen-bond acceptors (Lipinski definition) is 3. The van der Waals surface area contributed by atoms with Gasteiger partial charge in [0.2, 0.25) is 0 Å². The quantitative estimate of drug-likeness (QED) is 0.864. The van der Waals surface area contributed by atoms with Crippen LogP contribution in [0.4, 0.5) is 16.2 Å². The maximum absolute atomic E-state index is 11.3. The number of benzene rings is 1. The fourth-order valence-corrected chi connectivity index (χ4v) is 2.68. The molecule has 110 valence electrons. The van der Waals surface area contributed by atoms with Crippen molar-refractivity contribution in [3.05, 3.63) is 24.3 Å². The summed E-state index contributed by atoms with van der Waals surface area (Å²) in [6.45, 7) is 4.48. The fraction of sp³-hybridized carbons (Fsp3) is 0.562. The van der Waals surface area contributed by atoms with Crippen LogP contribution in [0.3, 0.4) is 0 Å². The third-order valence-electron chi connectivity index (χ3n) is 3.87. The van der Waals surface area contributed by atoms with Gasteiger partial charge in [0.1, 0.15) is 0 Å². The lowest BCUT2D eigenvalue weighted by molar-refractivity contribution is 0.168. The van der Waals surface area contributed by atoms with E-state index in [0.717, 1.165) is 17.3 Å². The second kappa shape index (κ2) is 7.17. The largest absolute Gasteiger partial charge is 0.450 e. The highest BCUT2D eigenvalue weighted by atomic mass is 16.5. The van der Waals surface area contributed by atoms with Gasteiger partial charge in [-0.05, 0) is 49.9 Å². The molecular formula is C16H24N2O2. The average Bonchev–Trinajstić information content (AvgIpc) is 2.44. The lowest BCUT2D eigenvalue weighted by Crippen LogP contribution is -2.30. The Kier molecular flexibility index (Phi) is 5.27. The van der Waals surface area contributed by atoms with Crippen LogP contribution in [0, 0.1) is 5.92 Å². The molecule has 1 fully saturated rings. The van der Waals surface area contributed by atoms with Gasteiger partial charge in [-0.2, -0.15) is 0 Å². The summed E-state index contributed by atoms with van der Waals surface area (Å²) in [5.74, 6) is 0.723. The molecule has 0 spiro atoms. The molecule has 0 bridgehead atoms. The van der Waals surface area contributed by atoms with E-state index in [0.29, 0.717) is 12.6 Å². The summed E-state index contributed by atoms with van der Waals surface area (Å²) >= 11 is 0. The molecule has 1 aliphatic rings. The van der Waals surface area contributed by atoms with Crippen molar-refractivity contribution >= 4 is 17.5 Å². The molecule has 0 heterocycles. The van der Waals surface area contributed by atoms with Gasteiger partial charge in [-0.25, -0.2) is 4.79 Å². The third-order valence-corrected chi connectivity index (χ3v) is 3.87. The Labute approximate surface area is 120 Å². The first-order chi connectivity index (χ1) is 9.69. The molecule has 1 aliphatic carbocycles. The number of carbonyl (C=O) groups is 1. The van der Waals surface area contributed by atoms with Crippen molar-refractivity contribution in [2.24, 2.45) is 5.92 Å². The van der Waals surface area contributed by atoms with Crippen LogP contribution in [0.1, 0.15) is 39.5 Å². The first kappa shape index (κ1) is 14.7. The van der Waals surface area contributed by atoms with Gasteiger partial charge in [0.25, 0.3) is 0 Å². The van der Waals surface area contributed by atoms with Crippen LogP contribution in [0.25, 0.3) is 0 Å². The van der Waals surface area contributed by atoms with Crippen LogP contribution in [0.2, 0.25) is 0 Å². The maximum Gasteiger partial charge on any atom is 0.411 e. The van der Waals surface area contributed by atoms with Gasteiger partial charge < -0.3 is 10.1 Å². The molecule has 2 atom stereocenters. The van der Waals surface area contributed by atoms with Gasteiger partial charge in [0, 0.05) is 17.4 Å². The zero-order chi connectivity index (χ0) is 14.4. The number of carbonyl (C=O) groups excluding carboxylic acids is 1. The zero-order valence-corrected chi connectivity index (χ0v) is 12.3. The predicted octanol–water partition coefficient (Wildman–Crippen LogP) is 4.25. The number of anilines is 2. The van der Waals surface area contributed by atoms with Crippen molar-refractivity contribution in [3.63, 3.8) is 0 Å². The van der Waals surface area contributed by atoms with E-state index in [4.69, 9.17) is 4.74 Å². The maximum atomic E-state index is 11.3. The standard InChI is InChI=1S/C16H24N2O2/c1-3-20-16(19)18-14-10-8-13(9-11-14)17-15-7-5-4-6-12(15)2/h8-12,15,17H,3-7H2,1-2H3,(H,18,19).